The first-order valence-electron chi connectivity index (χ1n) is 5.66. The van der Waals surface area contributed by atoms with Crippen molar-refractivity contribution in [3.63, 3.8) is 0 Å². The van der Waals surface area contributed by atoms with Crippen LogP contribution in [0.3, 0.4) is 0 Å². The molecule has 1 aliphatic rings. The lowest BCUT2D eigenvalue weighted by molar-refractivity contribution is -0.424. The second-order valence-corrected chi connectivity index (χ2v) is 6.18. The fraction of sp³-hybridized carbons (Fsp3) is 0. The average Bonchev–Trinajstić information content (AvgIpc) is 2.67. The number of nitro groups is 2. The highest BCUT2D eigenvalue weighted by molar-refractivity contribution is 7.92. The molecule has 0 saturated carbocycles. The van der Waals surface area contributed by atoms with E-state index in [1.54, 1.807) is 6.07 Å². The second kappa shape index (κ2) is 4.09. The Bertz CT molecular complexity index is 919. The highest BCUT2D eigenvalue weighted by atomic mass is 32.2. The van der Waals surface area contributed by atoms with Gasteiger partial charge < -0.3 is 0 Å². The summed E-state index contributed by atoms with van der Waals surface area (Å²) in [6, 6.07) is 8.09. The average molecular weight is 306 g/mol. The smallest absolute Gasteiger partial charge is 0.258 e. The third-order valence-corrected chi connectivity index (χ3v) is 5.11. The quantitative estimate of drug-likeness (QED) is 0.529. The third-order valence-electron chi connectivity index (χ3n) is 3.22. The third kappa shape index (κ3) is 1.64. The van der Waals surface area contributed by atoms with Gasteiger partial charge in [0, 0.05) is 17.2 Å². The van der Waals surface area contributed by atoms with Crippen molar-refractivity contribution in [2.24, 2.45) is 0 Å². The molecule has 8 nitrogen and oxygen atoms in total. The predicted molar refractivity (Wildman–Crippen MR) is 70.6 cm³/mol. The molecule has 1 heterocycles. The Morgan fingerprint density at radius 2 is 1.52 bits per heavy atom. The summed E-state index contributed by atoms with van der Waals surface area (Å²) < 4.78 is 24.9. The van der Waals surface area contributed by atoms with Crippen molar-refractivity contribution in [3.8, 4) is 11.1 Å². The predicted octanol–water partition coefficient (Wildman–Crippen LogP) is 2.32. The van der Waals surface area contributed by atoms with Gasteiger partial charge in [-0.25, -0.2) is 8.42 Å². The van der Waals surface area contributed by atoms with Crippen LogP contribution in [0.5, 0.6) is 0 Å². The zero-order valence-corrected chi connectivity index (χ0v) is 11.0. The maximum absolute atomic E-state index is 12.4. The summed E-state index contributed by atoms with van der Waals surface area (Å²) in [4.78, 5) is 19.4. The van der Waals surface area contributed by atoms with Gasteiger partial charge in [-0.2, -0.15) is 0 Å². The van der Waals surface area contributed by atoms with Crippen LogP contribution >= 0.6 is 0 Å². The molecule has 106 valence electrons. The highest BCUT2D eigenvalue weighted by Gasteiger charge is 2.44. The minimum atomic E-state index is -4.14. The largest absolute Gasteiger partial charge is 0.365 e. The number of hydrogen-bond acceptors (Lipinski definition) is 6. The van der Waals surface area contributed by atoms with E-state index in [9.17, 15) is 28.6 Å². The van der Waals surface area contributed by atoms with Gasteiger partial charge in [0.15, 0.2) is 4.90 Å². The molecule has 2 aromatic rings. The summed E-state index contributed by atoms with van der Waals surface area (Å²) in [5.41, 5.74) is -1.41. The van der Waals surface area contributed by atoms with E-state index in [1.165, 1.54) is 24.3 Å². The van der Waals surface area contributed by atoms with Gasteiger partial charge in [-0.15, -0.1) is 0 Å². The SMILES string of the molecule is O=[N+]([O-])c1ccc2c(c1[N+](=O)[O-])S(=O)(=O)c1ccccc1-2. The van der Waals surface area contributed by atoms with Gasteiger partial charge in [0.05, 0.1) is 14.7 Å². The molecule has 0 aliphatic carbocycles. The van der Waals surface area contributed by atoms with Gasteiger partial charge in [-0.1, -0.05) is 18.2 Å². The molecular weight excluding hydrogens is 300 g/mol. The van der Waals surface area contributed by atoms with Crippen molar-refractivity contribution in [1.82, 2.24) is 0 Å². The van der Waals surface area contributed by atoms with Crippen molar-refractivity contribution in [3.05, 3.63) is 56.6 Å². The van der Waals surface area contributed by atoms with Gasteiger partial charge in [0.25, 0.3) is 0 Å². The molecule has 0 N–H and O–H groups in total. The lowest BCUT2D eigenvalue weighted by Crippen LogP contribution is -2.04. The van der Waals surface area contributed by atoms with Crippen LogP contribution in [0.25, 0.3) is 11.1 Å². The van der Waals surface area contributed by atoms with Gasteiger partial charge in [0.1, 0.15) is 0 Å². The van der Waals surface area contributed by atoms with E-state index in [1.807, 2.05) is 0 Å². The number of nitro benzene ring substituents is 2. The molecule has 3 rings (SSSR count). The van der Waals surface area contributed by atoms with Crippen molar-refractivity contribution >= 4 is 21.2 Å². The molecule has 1 aliphatic heterocycles. The van der Waals surface area contributed by atoms with Crippen molar-refractivity contribution in [2.45, 2.75) is 9.79 Å². The van der Waals surface area contributed by atoms with E-state index in [-0.39, 0.29) is 10.5 Å². The molecule has 2 aromatic carbocycles. The zero-order chi connectivity index (χ0) is 15.4. The van der Waals surface area contributed by atoms with Crippen molar-refractivity contribution in [2.75, 3.05) is 0 Å². The van der Waals surface area contributed by atoms with Crippen LogP contribution in [0.4, 0.5) is 11.4 Å². The van der Waals surface area contributed by atoms with Gasteiger partial charge in [-0.3, -0.25) is 20.2 Å². The topological polar surface area (TPSA) is 120 Å². The highest BCUT2D eigenvalue weighted by Crippen LogP contribution is 2.49. The van der Waals surface area contributed by atoms with Crippen molar-refractivity contribution in [1.29, 1.82) is 0 Å². The van der Waals surface area contributed by atoms with Crippen LogP contribution in [-0.4, -0.2) is 18.3 Å². The minimum Gasteiger partial charge on any atom is -0.258 e. The molecule has 0 bridgehead atoms. The standard InChI is InChI=1S/C12H6N2O6S/c15-13(16)9-6-5-8-7-3-1-2-4-10(7)21(19,20)12(8)11(9)14(17)18/h1-6H. The van der Waals surface area contributed by atoms with Gasteiger partial charge in [0.2, 0.25) is 9.84 Å². The van der Waals surface area contributed by atoms with Gasteiger partial charge in [-0.05, 0) is 12.1 Å². The Kier molecular flexibility index (Phi) is 2.57. The summed E-state index contributed by atoms with van der Waals surface area (Å²) in [5.74, 6) is 0. The molecule has 0 aromatic heterocycles. The van der Waals surface area contributed by atoms with E-state index < -0.39 is 36.0 Å². The van der Waals surface area contributed by atoms with Crippen LogP contribution in [-0.2, 0) is 9.84 Å². The molecule has 0 atom stereocenters. The first-order chi connectivity index (χ1) is 9.85. The molecule has 0 unspecified atom stereocenters. The Morgan fingerprint density at radius 1 is 0.857 bits per heavy atom. The number of benzene rings is 2. The van der Waals surface area contributed by atoms with E-state index in [0.29, 0.717) is 5.56 Å². The molecule has 0 amide bonds. The molecular formula is C12H6N2O6S. The number of fused-ring (bicyclic) bond motifs is 3. The Balaban J connectivity index is 2.52. The molecule has 0 spiro atoms. The molecule has 9 heteroatoms. The number of sulfone groups is 1. The van der Waals surface area contributed by atoms with E-state index in [2.05, 4.69) is 0 Å². The van der Waals surface area contributed by atoms with Crippen molar-refractivity contribution < 1.29 is 18.3 Å². The monoisotopic (exact) mass is 306 g/mol. The first-order valence-corrected chi connectivity index (χ1v) is 7.14. The summed E-state index contributed by atoms with van der Waals surface area (Å²) in [5, 5.41) is 22.1. The molecule has 21 heavy (non-hydrogen) atoms. The first kappa shape index (κ1) is 13.2. The zero-order valence-electron chi connectivity index (χ0n) is 10.2. The summed E-state index contributed by atoms with van der Waals surface area (Å²) in [6.07, 6.45) is 0. The van der Waals surface area contributed by atoms with E-state index in [0.717, 1.165) is 6.07 Å². The molecule has 0 fully saturated rings. The number of rotatable bonds is 2. The Labute approximate surface area is 117 Å². The Hall–Kier alpha value is -2.81. The lowest BCUT2D eigenvalue weighted by atomic mass is 10.0. The maximum Gasteiger partial charge on any atom is 0.365 e. The molecule has 0 radical (unpaired) electrons. The second-order valence-electron chi connectivity index (χ2n) is 4.32. The Morgan fingerprint density at radius 3 is 2.14 bits per heavy atom. The van der Waals surface area contributed by atoms with Crippen LogP contribution in [0.2, 0.25) is 0 Å². The summed E-state index contributed by atoms with van der Waals surface area (Å²) in [6.45, 7) is 0. The van der Waals surface area contributed by atoms with Crippen LogP contribution in [0, 0.1) is 20.2 Å². The van der Waals surface area contributed by atoms with E-state index in [4.69, 9.17) is 0 Å². The van der Waals surface area contributed by atoms with E-state index >= 15 is 0 Å². The fourth-order valence-corrected chi connectivity index (χ4v) is 4.25. The van der Waals surface area contributed by atoms with Crippen LogP contribution in [0.15, 0.2) is 46.2 Å². The lowest BCUT2D eigenvalue weighted by Gasteiger charge is -2.01. The fourth-order valence-electron chi connectivity index (χ4n) is 2.40. The number of hydrogen-bond donors (Lipinski definition) is 0. The normalized spacial score (nSPS) is 14.3. The minimum absolute atomic E-state index is 0.0800. The van der Waals surface area contributed by atoms with Crippen LogP contribution in [0.1, 0.15) is 0 Å². The van der Waals surface area contributed by atoms with Crippen LogP contribution < -0.4 is 0 Å². The summed E-state index contributed by atoms with van der Waals surface area (Å²) in [7, 11) is -4.14. The van der Waals surface area contributed by atoms with Gasteiger partial charge >= 0.3 is 11.4 Å². The summed E-state index contributed by atoms with van der Waals surface area (Å²) >= 11 is 0. The number of nitrogens with zero attached hydrogens (tertiary/aromatic N) is 2. The molecule has 0 saturated heterocycles. The maximum atomic E-state index is 12.4.